The Morgan fingerprint density at radius 3 is 2.68 bits per heavy atom. The highest BCUT2D eigenvalue weighted by Crippen LogP contribution is 2.17. The number of furan rings is 1. The summed E-state index contributed by atoms with van der Waals surface area (Å²) in [7, 11) is 0. The van der Waals surface area contributed by atoms with Crippen molar-refractivity contribution in [1.82, 2.24) is 9.97 Å². The van der Waals surface area contributed by atoms with Crippen molar-refractivity contribution in [3.05, 3.63) is 53.6 Å². The summed E-state index contributed by atoms with van der Waals surface area (Å²) in [6.07, 6.45) is 0. The number of anilines is 1. The van der Waals surface area contributed by atoms with E-state index in [0.29, 0.717) is 12.5 Å². The van der Waals surface area contributed by atoms with Crippen LogP contribution in [0.15, 0.2) is 40.8 Å². The van der Waals surface area contributed by atoms with Crippen molar-refractivity contribution in [3.8, 4) is 0 Å². The molecular formula is C15H15N3O. The summed E-state index contributed by atoms with van der Waals surface area (Å²) >= 11 is 0. The van der Waals surface area contributed by atoms with Gasteiger partial charge in [-0.2, -0.15) is 0 Å². The summed E-state index contributed by atoms with van der Waals surface area (Å²) in [5.41, 5.74) is 1.93. The zero-order chi connectivity index (χ0) is 13.2. The molecule has 0 unspecified atom stereocenters. The van der Waals surface area contributed by atoms with E-state index in [1.807, 2.05) is 50.2 Å². The first-order chi connectivity index (χ1) is 9.22. The largest absolute Gasteiger partial charge is 0.465 e. The summed E-state index contributed by atoms with van der Waals surface area (Å²) in [5.74, 6) is 2.42. The Morgan fingerprint density at radius 2 is 1.89 bits per heavy atom. The first kappa shape index (κ1) is 11.7. The van der Waals surface area contributed by atoms with Crippen molar-refractivity contribution < 1.29 is 4.42 Å². The Hall–Kier alpha value is -2.36. The lowest BCUT2D eigenvalue weighted by Crippen LogP contribution is -2.04. The number of nitrogens with one attached hydrogen (secondary N) is 1. The predicted octanol–water partition coefficient (Wildman–Crippen LogP) is 3.45. The molecule has 96 valence electrons. The maximum Gasteiger partial charge on any atom is 0.223 e. The monoisotopic (exact) mass is 253 g/mol. The van der Waals surface area contributed by atoms with E-state index in [0.717, 1.165) is 28.1 Å². The molecule has 0 radical (unpaired) electrons. The van der Waals surface area contributed by atoms with E-state index in [1.165, 1.54) is 0 Å². The Bertz CT molecular complexity index is 718. The van der Waals surface area contributed by atoms with Crippen LogP contribution >= 0.6 is 0 Å². The summed E-state index contributed by atoms with van der Waals surface area (Å²) in [6, 6.07) is 11.9. The zero-order valence-corrected chi connectivity index (χ0v) is 11.0. The first-order valence-electron chi connectivity index (χ1n) is 6.25. The van der Waals surface area contributed by atoms with Crippen LogP contribution in [0.1, 0.15) is 17.2 Å². The van der Waals surface area contributed by atoms with Gasteiger partial charge in [-0.25, -0.2) is 9.97 Å². The number of benzene rings is 1. The fraction of sp³-hybridized carbons (Fsp3) is 0.200. The van der Waals surface area contributed by atoms with Gasteiger partial charge in [0.05, 0.1) is 17.8 Å². The van der Waals surface area contributed by atoms with Gasteiger partial charge in [-0.1, -0.05) is 18.2 Å². The Labute approximate surface area is 111 Å². The second-order valence-electron chi connectivity index (χ2n) is 4.52. The zero-order valence-electron chi connectivity index (χ0n) is 11.0. The third-order valence-corrected chi connectivity index (χ3v) is 3.01. The fourth-order valence-electron chi connectivity index (χ4n) is 2.06. The SMILES string of the molecule is Cc1ccc(CNc2nc(C)c3ccccc3n2)o1. The highest BCUT2D eigenvalue weighted by atomic mass is 16.3. The Morgan fingerprint density at radius 1 is 1.05 bits per heavy atom. The Balaban J connectivity index is 1.85. The second-order valence-corrected chi connectivity index (χ2v) is 4.52. The molecule has 0 aliphatic carbocycles. The maximum absolute atomic E-state index is 5.50. The van der Waals surface area contributed by atoms with Crippen LogP contribution in [-0.4, -0.2) is 9.97 Å². The van der Waals surface area contributed by atoms with Crippen LogP contribution in [0.3, 0.4) is 0 Å². The van der Waals surface area contributed by atoms with Gasteiger partial charge in [-0.05, 0) is 32.0 Å². The standard InChI is InChI=1S/C15H15N3O/c1-10-7-8-12(19-10)9-16-15-17-11(2)13-5-3-4-6-14(13)18-15/h3-8H,9H2,1-2H3,(H,16,17,18). The molecule has 0 amide bonds. The molecule has 0 aliphatic heterocycles. The van der Waals surface area contributed by atoms with Gasteiger partial charge in [0.15, 0.2) is 0 Å². The average molecular weight is 253 g/mol. The molecule has 0 atom stereocenters. The summed E-state index contributed by atoms with van der Waals surface area (Å²) < 4.78 is 5.50. The second kappa shape index (κ2) is 4.72. The third-order valence-electron chi connectivity index (χ3n) is 3.01. The van der Waals surface area contributed by atoms with Crippen LogP contribution in [0.4, 0.5) is 5.95 Å². The van der Waals surface area contributed by atoms with E-state index >= 15 is 0 Å². The first-order valence-corrected chi connectivity index (χ1v) is 6.25. The fourth-order valence-corrected chi connectivity index (χ4v) is 2.06. The van der Waals surface area contributed by atoms with Gasteiger partial charge in [0.1, 0.15) is 11.5 Å². The van der Waals surface area contributed by atoms with Crippen molar-refractivity contribution in [2.75, 3.05) is 5.32 Å². The van der Waals surface area contributed by atoms with Gasteiger partial charge in [0.2, 0.25) is 5.95 Å². The molecule has 19 heavy (non-hydrogen) atoms. The molecule has 0 saturated carbocycles. The van der Waals surface area contributed by atoms with Crippen molar-refractivity contribution in [2.24, 2.45) is 0 Å². The van der Waals surface area contributed by atoms with Gasteiger partial charge in [0, 0.05) is 5.39 Å². The van der Waals surface area contributed by atoms with E-state index in [1.54, 1.807) is 0 Å². The van der Waals surface area contributed by atoms with E-state index in [9.17, 15) is 0 Å². The van der Waals surface area contributed by atoms with E-state index < -0.39 is 0 Å². The Kier molecular flexibility index (Phi) is 2.91. The number of para-hydroxylation sites is 1. The number of hydrogen-bond donors (Lipinski definition) is 1. The molecule has 0 spiro atoms. The molecular weight excluding hydrogens is 238 g/mol. The molecule has 1 aromatic carbocycles. The molecule has 3 aromatic rings. The lowest BCUT2D eigenvalue weighted by Gasteiger charge is -2.06. The maximum atomic E-state index is 5.50. The minimum atomic E-state index is 0.589. The number of nitrogens with zero attached hydrogens (tertiary/aromatic N) is 2. The minimum absolute atomic E-state index is 0.589. The molecule has 1 N–H and O–H groups in total. The molecule has 2 heterocycles. The van der Waals surface area contributed by atoms with Crippen LogP contribution in [0.5, 0.6) is 0 Å². The summed E-state index contributed by atoms with van der Waals surface area (Å²) in [5, 5.41) is 4.28. The molecule has 4 nitrogen and oxygen atoms in total. The number of aryl methyl sites for hydroxylation is 2. The average Bonchev–Trinajstić information content (AvgIpc) is 2.82. The number of rotatable bonds is 3. The highest BCUT2D eigenvalue weighted by molar-refractivity contribution is 5.81. The van der Waals surface area contributed by atoms with Gasteiger partial charge < -0.3 is 9.73 Å². The van der Waals surface area contributed by atoms with Crippen LogP contribution in [0, 0.1) is 13.8 Å². The highest BCUT2D eigenvalue weighted by Gasteiger charge is 2.04. The van der Waals surface area contributed by atoms with Crippen LogP contribution in [0.25, 0.3) is 10.9 Å². The number of aromatic nitrogens is 2. The molecule has 0 bridgehead atoms. The van der Waals surface area contributed by atoms with E-state index in [4.69, 9.17) is 4.42 Å². The number of hydrogen-bond acceptors (Lipinski definition) is 4. The lowest BCUT2D eigenvalue weighted by molar-refractivity contribution is 0.490. The predicted molar refractivity (Wildman–Crippen MR) is 75.0 cm³/mol. The molecule has 2 aromatic heterocycles. The summed E-state index contributed by atoms with van der Waals surface area (Å²) in [6.45, 7) is 4.51. The van der Waals surface area contributed by atoms with Crippen molar-refractivity contribution in [2.45, 2.75) is 20.4 Å². The summed E-state index contributed by atoms with van der Waals surface area (Å²) in [4.78, 5) is 8.95. The van der Waals surface area contributed by atoms with Gasteiger partial charge >= 0.3 is 0 Å². The molecule has 4 heteroatoms. The molecule has 3 rings (SSSR count). The van der Waals surface area contributed by atoms with Crippen molar-refractivity contribution in [3.63, 3.8) is 0 Å². The van der Waals surface area contributed by atoms with Gasteiger partial charge in [0.25, 0.3) is 0 Å². The van der Waals surface area contributed by atoms with Crippen molar-refractivity contribution >= 4 is 16.9 Å². The smallest absolute Gasteiger partial charge is 0.223 e. The van der Waals surface area contributed by atoms with E-state index in [2.05, 4.69) is 15.3 Å². The molecule has 0 saturated heterocycles. The van der Waals surface area contributed by atoms with Crippen LogP contribution in [0.2, 0.25) is 0 Å². The third kappa shape index (κ3) is 2.42. The van der Waals surface area contributed by atoms with Gasteiger partial charge in [-0.3, -0.25) is 0 Å². The minimum Gasteiger partial charge on any atom is -0.465 e. The normalized spacial score (nSPS) is 10.8. The lowest BCUT2D eigenvalue weighted by atomic mass is 10.2. The molecule has 0 fully saturated rings. The topological polar surface area (TPSA) is 51.0 Å². The van der Waals surface area contributed by atoms with Gasteiger partial charge in [-0.15, -0.1) is 0 Å². The van der Waals surface area contributed by atoms with Crippen LogP contribution in [-0.2, 0) is 6.54 Å². The van der Waals surface area contributed by atoms with Crippen LogP contribution < -0.4 is 5.32 Å². The van der Waals surface area contributed by atoms with E-state index in [-0.39, 0.29) is 0 Å². The molecule has 0 aliphatic rings. The number of fused-ring (bicyclic) bond motifs is 1. The van der Waals surface area contributed by atoms with Crippen molar-refractivity contribution in [1.29, 1.82) is 0 Å². The quantitative estimate of drug-likeness (QED) is 0.776.